The van der Waals surface area contributed by atoms with Crippen LogP contribution in [0.2, 0.25) is 5.02 Å². The van der Waals surface area contributed by atoms with Crippen molar-refractivity contribution in [3.8, 4) is 0 Å². The number of hydrogen-bond acceptors (Lipinski definition) is 1. The van der Waals surface area contributed by atoms with Gasteiger partial charge in [0, 0.05) is 12.4 Å². The fourth-order valence-corrected chi connectivity index (χ4v) is 2.48. The zero-order chi connectivity index (χ0) is 11.3. The summed E-state index contributed by atoms with van der Waals surface area (Å²) in [5.74, 6) is 0. The molecule has 0 aliphatic rings. The fourth-order valence-electron chi connectivity index (χ4n) is 2.18. The van der Waals surface area contributed by atoms with E-state index in [1.165, 1.54) is 0 Å². The number of para-hydroxylation sites is 1. The fraction of sp³-hybridized carbons (Fsp3) is 0.0833. The number of carbonyl (C=O) groups excluding carboxylic acids is 1. The molecule has 0 fully saturated rings. The Morgan fingerprint density at radius 2 is 2.25 bits per heavy atom. The lowest BCUT2D eigenvalue weighted by atomic mass is 10.2. The molecule has 0 saturated carbocycles. The highest BCUT2D eigenvalue weighted by Gasteiger charge is 2.12. The van der Waals surface area contributed by atoms with Crippen LogP contribution in [0.1, 0.15) is 10.5 Å². The van der Waals surface area contributed by atoms with Crippen molar-refractivity contribution in [2.24, 2.45) is 7.05 Å². The van der Waals surface area contributed by atoms with Gasteiger partial charge in [-0.25, -0.2) is 0 Å². The lowest BCUT2D eigenvalue weighted by molar-refractivity contribution is 0.112. The first kappa shape index (κ1) is 9.48. The summed E-state index contributed by atoms with van der Waals surface area (Å²) in [6.45, 7) is 0. The van der Waals surface area contributed by atoms with E-state index in [2.05, 4.69) is 4.98 Å². The van der Waals surface area contributed by atoms with Gasteiger partial charge in [0.05, 0.1) is 27.3 Å². The number of benzene rings is 1. The number of aromatic nitrogens is 2. The third-order valence-corrected chi connectivity index (χ3v) is 3.20. The number of nitrogens with one attached hydrogen (secondary N) is 1. The molecule has 0 aliphatic heterocycles. The average molecular weight is 233 g/mol. The minimum absolute atomic E-state index is 0.586. The third-order valence-electron chi connectivity index (χ3n) is 2.90. The largest absolute Gasteiger partial charge is 0.351 e. The summed E-state index contributed by atoms with van der Waals surface area (Å²) in [5.41, 5.74) is 3.53. The normalized spacial score (nSPS) is 11.4. The van der Waals surface area contributed by atoms with Crippen LogP contribution in [0.5, 0.6) is 0 Å². The molecule has 0 spiro atoms. The molecule has 0 unspecified atom stereocenters. The third kappa shape index (κ3) is 1.06. The van der Waals surface area contributed by atoms with E-state index in [0.29, 0.717) is 5.69 Å². The topological polar surface area (TPSA) is 37.8 Å². The van der Waals surface area contributed by atoms with E-state index in [9.17, 15) is 4.79 Å². The highest BCUT2D eigenvalue weighted by atomic mass is 35.5. The minimum Gasteiger partial charge on any atom is -0.351 e. The SMILES string of the molecule is Cn1c2cc(C=O)[nH]c2c2cccc(Cl)c21. The molecule has 1 aromatic carbocycles. The molecule has 3 rings (SSSR count). The van der Waals surface area contributed by atoms with Crippen molar-refractivity contribution in [1.82, 2.24) is 9.55 Å². The molecule has 0 aliphatic carbocycles. The number of aryl methyl sites for hydroxylation is 1. The van der Waals surface area contributed by atoms with Gasteiger partial charge in [-0.3, -0.25) is 4.79 Å². The molecule has 0 atom stereocenters. The Labute approximate surface area is 96.6 Å². The highest BCUT2D eigenvalue weighted by Crippen LogP contribution is 2.32. The lowest BCUT2D eigenvalue weighted by Crippen LogP contribution is -1.86. The molecule has 0 saturated heterocycles. The van der Waals surface area contributed by atoms with Crippen LogP contribution in [0.4, 0.5) is 0 Å². The summed E-state index contributed by atoms with van der Waals surface area (Å²) in [6.07, 6.45) is 0.816. The summed E-state index contributed by atoms with van der Waals surface area (Å²) < 4.78 is 2.00. The molecule has 80 valence electrons. The molecular weight excluding hydrogens is 224 g/mol. The summed E-state index contributed by atoms with van der Waals surface area (Å²) in [5, 5.41) is 1.76. The molecule has 3 aromatic rings. The summed E-state index contributed by atoms with van der Waals surface area (Å²) in [6, 6.07) is 7.60. The predicted molar refractivity (Wildman–Crippen MR) is 65.2 cm³/mol. The monoisotopic (exact) mass is 232 g/mol. The molecule has 1 N–H and O–H groups in total. The number of aromatic amines is 1. The maximum Gasteiger partial charge on any atom is 0.166 e. The van der Waals surface area contributed by atoms with E-state index < -0.39 is 0 Å². The molecule has 3 nitrogen and oxygen atoms in total. The number of nitrogens with zero attached hydrogens (tertiary/aromatic N) is 1. The molecule has 2 heterocycles. The Balaban J connectivity index is 2.58. The van der Waals surface area contributed by atoms with Gasteiger partial charge in [-0.15, -0.1) is 0 Å². The van der Waals surface area contributed by atoms with E-state index in [-0.39, 0.29) is 0 Å². The standard InChI is InChI=1S/C12H9ClN2O/c1-15-10-5-7(6-16)14-11(10)8-3-2-4-9(13)12(8)15/h2-6,14H,1H3. The van der Waals surface area contributed by atoms with Gasteiger partial charge in [0.15, 0.2) is 6.29 Å². The van der Waals surface area contributed by atoms with Gasteiger partial charge < -0.3 is 9.55 Å². The maximum absolute atomic E-state index is 10.7. The smallest absolute Gasteiger partial charge is 0.166 e. The number of rotatable bonds is 1. The summed E-state index contributed by atoms with van der Waals surface area (Å²) >= 11 is 6.16. The maximum atomic E-state index is 10.7. The van der Waals surface area contributed by atoms with Crippen LogP contribution >= 0.6 is 11.6 Å². The first-order chi connectivity index (χ1) is 7.72. The van der Waals surface area contributed by atoms with Gasteiger partial charge in [0.1, 0.15) is 0 Å². The van der Waals surface area contributed by atoms with Crippen LogP contribution in [0.15, 0.2) is 24.3 Å². The van der Waals surface area contributed by atoms with Crippen molar-refractivity contribution in [3.05, 3.63) is 35.0 Å². The first-order valence-corrected chi connectivity index (χ1v) is 5.31. The van der Waals surface area contributed by atoms with Crippen molar-refractivity contribution in [2.75, 3.05) is 0 Å². The Morgan fingerprint density at radius 3 is 3.00 bits per heavy atom. The van der Waals surface area contributed by atoms with E-state index in [1.807, 2.05) is 35.9 Å². The number of carbonyl (C=O) groups is 1. The number of fused-ring (bicyclic) bond motifs is 3. The Bertz CT molecular complexity index is 709. The van der Waals surface area contributed by atoms with Gasteiger partial charge in [0.25, 0.3) is 0 Å². The van der Waals surface area contributed by atoms with Crippen molar-refractivity contribution < 1.29 is 4.79 Å². The Hall–Kier alpha value is -1.74. The number of H-pyrrole nitrogens is 1. The van der Waals surface area contributed by atoms with Gasteiger partial charge in [-0.2, -0.15) is 0 Å². The van der Waals surface area contributed by atoms with Crippen LogP contribution in [0.3, 0.4) is 0 Å². The Morgan fingerprint density at radius 1 is 1.44 bits per heavy atom. The van der Waals surface area contributed by atoms with E-state index in [4.69, 9.17) is 11.6 Å². The van der Waals surface area contributed by atoms with E-state index in [1.54, 1.807) is 0 Å². The predicted octanol–water partition coefficient (Wildman–Crippen LogP) is 3.13. The van der Waals surface area contributed by atoms with Crippen LogP contribution in [0, 0.1) is 0 Å². The molecule has 16 heavy (non-hydrogen) atoms. The van der Waals surface area contributed by atoms with Crippen LogP contribution < -0.4 is 0 Å². The highest BCUT2D eigenvalue weighted by molar-refractivity contribution is 6.36. The minimum atomic E-state index is 0.586. The van der Waals surface area contributed by atoms with Crippen molar-refractivity contribution in [3.63, 3.8) is 0 Å². The zero-order valence-electron chi connectivity index (χ0n) is 8.62. The average Bonchev–Trinajstić information content (AvgIpc) is 2.80. The molecular formula is C12H9ClN2O. The number of halogens is 1. The molecule has 4 heteroatoms. The number of aldehydes is 1. The lowest BCUT2D eigenvalue weighted by Gasteiger charge is -1.98. The van der Waals surface area contributed by atoms with Gasteiger partial charge in [0.2, 0.25) is 0 Å². The quantitative estimate of drug-likeness (QED) is 0.643. The van der Waals surface area contributed by atoms with Crippen LogP contribution in [-0.2, 0) is 7.05 Å². The summed E-state index contributed by atoms with van der Waals surface area (Å²) in [7, 11) is 1.94. The summed E-state index contributed by atoms with van der Waals surface area (Å²) in [4.78, 5) is 13.8. The molecule has 0 bridgehead atoms. The first-order valence-electron chi connectivity index (χ1n) is 4.93. The van der Waals surface area contributed by atoms with Gasteiger partial charge >= 0.3 is 0 Å². The van der Waals surface area contributed by atoms with Gasteiger partial charge in [-0.05, 0) is 12.1 Å². The second-order valence-corrected chi connectivity index (χ2v) is 4.20. The van der Waals surface area contributed by atoms with E-state index in [0.717, 1.165) is 33.2 Å². The Kier molecular flexibility index (Phi) is 1.85. The van der Waals surface area contributed by atoms with Gasteiger partial charge in [-0.1, -0.05) is 23.7 Å². The van der Waals surface area contributed by atoms with Crippen LogP contribution in [-0.4, -0.2) is 15.8 Å². The van der Waals surface area contributed by atoms with Crippen LogP contribution in [0.25, 0.3) is 21.9 Å². The van der Waals surface area contributed by atoms with Crippen molar-refractivity contribution in [1.29, 1.82) is 0 Å². The second-order valence-electron chi connectivity index (χ2n) is 3.80. The number of hydrogen-bond donors (Lipinski definition) is 1. The molecule has 0 radical (unpaired) electrons. The van der Waals surface area contributed by atoms with Crippen molar-refractivity contribution >= 4 is 39.8 Å². The molecule has 0 amide bonds. The van der Waals surface area contributed by atoms with E-state index >= 15 is 0 Å². The van der Waals surface area contributed by atoms with Crippen molar-refractivity contribution in [2.45, 2.75) is 0 Å². The molecule has 2 aromatic heterocycles. The second kappa shape index (κ2) is 3.12. The zero-order valence-corrected chi connectivity index (χ0v) is 9.38.